The lowest BCUT2D eigenvalue weighted by Gasteiger charge is -2.30. The summed E-state index contributed by atoms with van der Waals surface area (Å²) in [5, 5.41) is 5.34. The standard InChI is InChI=1S/C15H21NOS/c1-15(10-6-12-18-15)17-14(9-11-16-2)13-7-4-3-5-8-13/h3-8,12,14,16H,9-11H2,1-2H3/t14-,15?/m1/s1. The van der Waals surface area contributed by atoms with E-state index in [-0.39, 0.29) is 11.0 Å². The third-order valence-electron chi connectivity index (χ3n) is 3.12. The Morgan fingerprint density at radius 3 is 2.78 bits per heavy atom. The first kappa shape index (κ1) is 13.7. The van der Waals surface area contributed by atoms with Crippen molar-refractivity contribution in [3.05, 3.63) is 47.4 Å². The van der Waals surface area contributed by atoms with Crippen molar-refractivity contribution < 1.29 is 4.74 Å². The molecule has 0 saturated heterocycles. The molecule has 1 N–H and O–H groups in total. The summed E-state index contributed by atoms with van der Waals surface area (Å²) in [6.45, 7) is 3.14. The van der Waals surface area contributed by atoms with Gasteiger partial charge in [0, 0.05) is 6.42 Å². The number of hydrogen-bond donors (Lipinski definition) is 1. The van der Waals surface area contributed by atoms with Crippen LogP contribution in [0.4, 0.5) is 0 Å². The van der Waals surface area contributed by atoms with Gasteiger partial charge < -0.3 is 10.1 Å². The van der Waals surface area contributed by atoms with Gasteiger partial charge in [0.15, 0.2) is 0 Å². The summed E-state index contributed by atoms with van der Waals surface area (Å²) >= 11 is 1.78. The molecule has 0 bridgehead atoms. The van der Waals surface area contributed by atoms with Gasteiger partial charge in [-0.25, -0.2) is 0 Å². The lowest BCUT2D eigenvalue weighted by atomic mass is 10.1. The summed E-state index contributed by atoms with van der Waals surface area (Å²) in [5.74, 6) is 0. The Morgan fingerprint density at radius 1 is 1.39 bits per heavy atom. The summed E-state index contributed by atoms with van der Waals surface area (Å²) in [6.07, 6.45) is 4.33. The minimum atomic E-state index is -0.103. The number of thioether (sulfide) groups is 1. The fraction of sp³-hybridized carbons (Fsp3) is 0.467. The molecule has 0 saturated carbocycles. The molecular weight excluding hydrogens is 242 g/mol. The van der Waals surface area contributed by atoms with Gasteiger partial charge in [0.25, 0.3) is 0 Å². The molecule has 18 heavy (non-hydrogen) atoms. The van der Waals surface area contributed by atoms with Crippen LogP contribution >= 0.6 is 11.8 Å². The zero-order chi connectivity index (χ0) is 12.8. The van der Waals surface area contributed by atoms with Crippen molar-refractivity contribution in [2.24, 2.45) is 0 Å². The molecule has 2 rings (SSSR count). The van der Waals surface area contributed by atoms with E-state index in [0.29, 0.717) is 0 Å². The highest BCUT2D eigenvalue weighted by Crippen LogP contribution is 2.41. The Morgan fingerprint density at radius 2 is 2.17 bits per heavy atom. The molecule has 0 aliphatic carbocycles. The smallest absolute Gasteiger partial charge is 0.119 e. The monoisotopic (exact) mass is 263 g/mol. The molecule has 0 fully saturated rings. The van der Waals surface area contributed by atoms with Crippen molar-refractivity contribution in [1.82, 2.24) is 5.32 Å². The van der Waals surface area contributed by atoms with Gasteiger partial charge in [0.2, 0.25) is 0 Å². The van der Waals surface area contributed by atoms with Crippen LogP contribution < -0.4 is 5.32 Å². The molecule has 1 unspecified atom stereocenters. The second-order valence-electron chi connectivity index (χ2n) is 4.74. The highest BCUT2D eigenvalue weighted by molar-refractivity contribution is 8.03. The van der Waals surface area contributed by atoms with Gasteiger partial charge in [-0.15, -0.1) is 0 Å². The predicted octanol–water partition coefficient (Wildman–Crippen LogP) is 3.72. The normalized spacial score (nSPS) is 24.3. The Balaban J connectivity index is 2.05. The predicted molar refractivity (Wildman–Crippen MR) is 78.6 cm³/mol. The number of benzene rings is 1. The molecule has 0 amide bonds. The van der Waals surface area contributed by atoms with E-state index in [9.17, 15) is 0 Å². The molecule has 98 valence electrons. The maximum atomic E-state index is 6.35. The van der Waals surface area contributed by atoms with E-state index in [1.165, 1.54) is 5.56 Å². The molecule has 1 aromatic rings. The molecule has 0 radical (unpaired) electrons. The van der Waals surface area contributed by atoms with Crippen molar-refractivity contribution in [2.75, 3.05) is 13.6 Å². The average molecular weight is 263 g/mol. The first-order chi connectivity index (χ1) is 8.73. The summed E-state index contributed by atoms with van der Waals surface area (Å²) in [7, 11) is 1.98. The Labute approximate surface area is 114 Å². The molecule has 1 aromatic carbocycles. The van der Waals surface area contributed by atoms with E-state index in [1.807, 2.05) is 13.1 Å². The van der Waals surface area contributed by atoms with Crippen LogP contribution in [0.2, 0.25) is 0 Å². The van der Waals surface area contributed by atoms with Crippen LogP contribution in [0, 0.1) is 0 Å². The van der Waals surface area contributed by atoms with E-state index in [4.69, 9.17) is 4.74 Å². The van der Waals surface area contributed by atoms with Gasteiger partial charge in [0.1, 0.15) is 4.93 Å². The van der Waals surface area contributed by atoms with Crippen LogP contribution in [0.25, 0.3) is 0 Å². The van der Waals surface area contributed by atoms with Gasteiger partial charge in [0.05, 0.1) is 6.10 Å². The van der Waals surface area contributed by atoms with E-state index in [0.717, 1.165) is 19.4 Å². The van der Waals surface area contributed by atoms with E-state index >= 15 is 0 Å². The summed E-state index contributed by atoms with van der Waals surface area (Å²) in [5.41, 5.74) is 1.27. The van der Waals surface area contributed by atoms with Crippen molar-refractivity contribution in [3.8, 4) is 0 Å². The van der Waals surface area contributed by atoms with Gasteiger partial charge in [-0.05, 0) is 37.9 Å². The van der Waals surface area contributed by atoms with Crippen LogP contribution in [0.5, 0.6) is 0 Å². The van der Waals surface area contributed by atoms with Crippen LogP contribution in [0.1, 0.15) is 31.4 Å². The fourth-order valence-corrected chi connectivity index (χ4v) is 2.96. The molecule has 1 heterocycles. The topological polar surface area (TPSA) is 21.3 Å². The quantitative estimate of drug-likeness (QED) is 0.845. The zero-order valence-corrected chi connectivity index (χ0v) is 11.9. The molecule has 0 spiro atoms. The number of nitrogens with one attached hydrogen (secondary N) is 1. The summed E-state index contributed by atoms with van der Waals surface area (Å²) in [6, 6.07) is 10.5. The lowest BCUT2D eigenvalue weighted by molar-refractivity contribution is -0.0265. The first-order valence-electron chi connectivity index (χ1n) is 6.44. The number of ether oxygens (including phenoxy) is 1. The van der Waals surface area contributed by atoms with E-state index in [1.54, 1.807) is 11.8 Å². The average Bonchev–Trinajstić information content (AvgIpc) is 2.82. The molecule has 2 nitrogen and oxygen atoms in total. The third kappa shape index (κ3) is 3.61. The fourth-order valence-electron chi connectivity index (χ4n) is 2.12. The van der Waals surface area contributed by atoms with Crippen LogP contribution in [0.3, 0.4) is 0 Å². The zero-order valence-electron chi connectivity index (χ0n) is 11.1. The van der Waals surface area contributed by atoms with Crippen LogP contribution in [0.15, 0.2) is 41.8 Å². The first-order valence-corrected chi connectivity index (χ1v) is 7.32. The third-order valence-corrected chi connectivity index (χ3v) is 4.21. The highest BCUT2D eigenvalue weighted by atomic mass is 32.2. The number of rotatable bonds is 6. The Bertz CT molecular complexity index is 383. The van der Waals surface area contributed by atoms with Crippen molar-refractivity contribution in [1.29, 1.82) is 0 Å². The SMILES string of the molecule is CNCC[C@@H](OC1(C)CC=CS1)c1ccccc1. The van der Waals surface area contributed by atoms with Crippen molar-refractivity contribution in [3.63, 3.8) is 0 Å². The molecule has 2 atom stereocenters. The minimum Gasteiger partial charge on any atom is -0.356 e. The van der Waals surface area contributed by atoms with E-state index in [2.05, 4.69) is 48.0 Å². The molecule has 3 heteroatoms. The van der Waals surface area contributed by atoms with Crippen molar-refractivity contribution in [2.45, 2.75) is 30.8 Å². The molecular formula is C15H21NOS. The molecule has 1 aliphatic rings. The second kappa shape index (κ2) is 6.41. The summed E-state index contributed by atoms with van der Waals surface area (Å²) in [4.78, 5) is -0.103. The largest absolute Gasteiger partial charge is 0.356 e. The maximum Gasteiger partial charge on any atom is 0.119 e. The molecule has 1 aliphatic heterocycles. The minimum absolute atomic E-state index is 0.103. The van der Waals surface area contributed by atoms with E-state index < -0.39 is 0 Å². The van der Waals surface area contributed by atoms with Crippen molar-refractivity contribution >= 4 is 11.8 Å². The Hall–Kier alpha value is -0.770. The summed E-state index contributed by atoms with van der Waals surface area (Å²) < 4.78 is 6.35. The second-order valence-corrected chi connectivity index (χ2v) is 6.11. The van der Waals surface area contributed by atoms with Gasteiger partial charge >= 0.3 is 0 Å². The van der Waals surface area contributed by atoms with Crippen LogP contribution in [-0.4, -0.2) is 18.5 Å². The van der Waals surface area contributed by atoms with Gasteiger partial charge in [-0.1, -0.05) is 48.2 Å². The highest BCUT2D eigenvalue weighted by Gasteiger charge is 2.30. The van der Waals surface area contributed by atoms with Crippen LogP contribution in [-0.2, 0) is 4.74 Å². The Kier molecular flexibility index (Phi) is 4.87. The lowest BCUT2D eigenvalue weighted by Crippen LogP contribution is -2.25. The van der Waals surface area contributed by atoms with Gasteiger partial charge in [-0.2, -0.15) is 0 Å². The maximum absolute atomic E-state index is 6.35. The molecule has 0 aromatic heterocycles. The number of hydrogen-bond acceptors (Lipinski definition) is 3. The van der Waals surface area contributed by atoms with Gasteiger partial charge in [-0.3, -0.25) is 0 Å².